The van der Waals surface area contributed by atoms with Crippen LogP contribution in [0.4, 0.5) is 0 Å². The molecule has 1 saturated heterocycles. The molecule has 0 aliphatic carbocycles. The Hall–Kier alpha value is -2.22. The lowest BCUT2D eigenvalue weighted by Gasteiger charge is -2.32. The number of hydrogen-bond acceptors (Lipinski definition) is 6. The molecular weight excluding hydrogens is 310 g/mol. The monoisotopic (exact) mass is 333 g/mol. The molecule has 8 nitrogen and oxygen atoms in total. The Labute approximate surface area is 140 Å². The maximum absolute atomic E-state index is 12.5. The summed E-state index contributed by atoms with van der Waals surface area (Å²) in [5.41, 5.74) is 0. The molecule has 2 aromatic rings. The van der Waals surface area contributed by atoms with Crippen LogP contribution in [-0.4, -0.2) is 49.7 Å². The van der Waals surface area contributed by atoms with Crippen molar-refractivity contribution in [3.05, 3.63) is 29.9 Å². The highest BCUT2D eigenvalue weighted by atomic mass is 16.5. The zero-order chi connectivity index (χ0) is 16.9. The topological polar surface area (TPSA) is 86.3 Å². The van der Waals surface area contributed by atoms with Crippen LogP contribution in [-0.2, 0) is 29.1 Å². The first-order valence-corrected chi connectivity index (χ1v) is 8.34. The SMILES string of the molecule is CCc1noc(CO[C@H]2CCCN(C(=O)Cn3ccnc3C)C2)n1. The van der Waals surface area contributed by atoms with Gasteiger partial charge in [-0.3, -0.25) is 4.79 Å². The lowest BCUT2D eigenvalue weighted by Crippen LogP contribution is -2.44. The Morgan fingerprint density at radius 1 is 1.50 bits per heavy atom. The van der Waals surface area contributed by atoms with Crippen LogP contribution < -0.4 is 0 Å². The van der Waals surface area contributed by atoms with Gasteiger partial charge in [-0.1, -0.05) is 12.1 Å². The standard InChI is InChI=1S/C16H23N5O3/c1-3-14-18-15(24-19-14)11-23-13-5-4-7-21(9-13)16(22)10-20-8-6-17-12(20)2/h6,8,13H,3-5,7,9-11H2,1-2H3/t13-/m0/s1. The molecule has 0 saturated carbocycles. The Morgan fingerprint density at radius 2 is 2.38 bits per heavy atom. The molecule has 1 fully saturated rings. The predicted molar refractivity (Wildman–Crippen MR) is 85.0 cm³/mol. The van der Waals surface area contributed by atoms with Gasteiger partial charge in [0.1, 0.15) is 19.0 Å². The number of hydrogen-bond donors (Lipinski definition) is 0. The summed E-state index contributed by atoms with van der Waals surface area (Å²) in [6.07, 6.45) is 6.14. The second-order valence-corrected chi connectivity index (χ2v) is 5.98. The van der Waals surface area contributed by atoms with Crippen LogP contribution in [0, 0.1) is 6.92 Å². The average molecular weight is 333 g/mol. The molecule has 3 heterocycles. The normalized spacial score (nSPS) is 18.1. The molecule has 8 heteroatoms. The number of aryl methyl sites for hydroxylation is 2. The molecule has 130 valence electrons. The molecule has 2 aromatic heterocycles. The first-order valence-electron chi connectivity index (χ1n) is 8.34. The minimum Gasteiger partial charge on any atom is -0.367 e. The van der Waals surface area contributed by atoms with Crippen LogP contribution in [0.1, 0.15) is 37.3 Å². The minimum atomic E-state index is 0.00330. The first kappa shape index (κ1) is 16.6. The van der Waals surface area contributed by atoms with E-state index in [4.69, 9.17) is 9.26 Å². The van der Waals surface area contributed by atoms with Crippen molar-refractivity contribution in [3.8, 4) is 0 Å². The van der Waals surface area contributed by atoms with E-state index in [0.29, 0.717) is 31.4 Å². The fourth-order valence-electron chi connectivity index (χ4n) is 2.80. The number of nitrogens with zero attached hydrogens (tertiary/aromatic N) is 5. The van der Waals surface area contributed by atoms with E-state index >= 15 is 0 Å². The highest BCUT2D eigenvalue weighted by molar-refractivity contribution is 5.76. The number of likely N-dealkylation sites (tertiary alicyclic amines) is 1. The molecule has 0 unspecified atom stereocenters. The first-order chi connectivity index (χ1) is 11.7. The fraction of sp³-hybridized carbons (Fsp3) is 0.625. The number of amides is 1. The van der Waals surface area contributed by atoms with Gasteiger partial charge in [0.25, 0.3) is 5.89 Å². The summed E-state index contributed by atoms with van der Waals surface area (Å²) in [6.45, 7) is 5.85. The van der Waals surface area contributed by atoms with Gasteiger partial charge in [0.15, 0.2) is 5.82 Å². The maximum atomic E-state index is 12.5. The summed E-state index contributed by atoms with van der Waals surface area (Å²) in [4.78, 5) is 22.7. The van der Waals surface area contributed by atoms with Gasteiger partial charge in [-0.25, -0.2) is 4.98 Å². The summed E-state index contributed by atoms with van der Waals surface area (Å²) in [7, 11) is 0. The van der Waals surface area contributed by atoms with Gasteiger partial charge in [-0.05, 0) is 19.8 Å². The largest absolute Gasteiger partial charge is 0.367 e. The molecule has 24 heavy (non-hydrogen) atoms. The van der Waals surface area contributed by atoms with Crippen molar-refractivity contribution in [3.63, 3.8) is 0 Å². The van der Waals surface area contributed by atoms with E-state index in [-0.39, 0.29) is 12.0 Å². The third-order valence-electron chi connectivity index (χ3n) is 4.23. The van der Waals surface area contributed by atoms with Crippen LogP contribution in [0.15, 0.2) is 16.9 Å². The van der Waals surface area contributed by atoms with E-state index < -0.39 is 0 Å². The average Bonchev–Trinajstić information content (AvgIpc) is 3.22. The van der Waals surface area contributed by atoms with E-state index in [0.717, 1.165) is 31.6 Å². The van der Waals surface area contributed by atoms with Crippen molar-refractivity contribution in [1.82, 2.24) is 24.6 Å². The second kappa shape index (κ2) is 7.57. The number of ether oxygens (including phenoxy) is 1. The number of piperidine rings is 1. The molecule has 1 aliphatic rings. The van der Waals surface area contributed by atoms with Gasteiger partial charge in [-0.2, -0.15) is 4.98 Å². The van der Waals surface area contributed by atoms with Crippen LogP contribution in [0.25, 0.3) is 0 Å². The fourth-order valence-corrected chi connectivity index (χ4v) is 2.80. The van der Waals surface area contributed by atoms with E-state index in [1.807, 2.05) is 29.5 Å². The molecule has 3 rings (SSSR count). The highest BCUT2D eigenvalue weighted by Gasteiger charge is 2.25. The number of aromatic nitrogens is 4. The smallest absolute Gasteiger partial charge is 0.252 e. The Kier molecular flexibility index (Phi) is 5.24. The van der Waals surface area contributed by atoms with Crippen molar-refractivity contribution in [2.75, 3.05) is 13.1 Å². The molecule has 1 aliphatic heterocycles. The van der Waals surface area contributed by atoms with E-state index in [1.54, 1.807) is 6.20 Å². The third kappa shape index (κ3) is 4.00. The Balaban J connectivity index is 1.50. The van der Waals surface area contributed by atoms with Gasteiger partial charge in [0, 0.05) is 31.9 Å². The van der Waals surface area contributed by atoms with Crippen LogP contribution in [0.2, 0.25) is 0 Å². The van der Waals surface area contributed by atoms with Crippen molar-refractivity contribution in [1.29, 1.82) is 0 Å². The molecule has 1 amide bonds. The van der Waals surface area contributed by atoms with Crippen molar-refractivity contribution in [2.45, 2.75) is 52.4 Å². The molecule has 0 radical (unpaired) electrons. The molecule has 0 spiro atoms. The van der Waals surface area contributed by atoms with E-state index in [9.17, 15) is 4.79 Å². The second-order valence-electron chi connectivity index (χ2n) is 5.98. The maximum Gasteiger partial charge on any atom is 0.252 e. The van der Waals surface area contributed by atoms with E-state index in [2.05, 4.69) is 15.1 Å². The van der Waals surface area contributed by atoms with Crippen molar-refractivity contribution < 1.29 is 14.1 Å². The Morgan fingerprint density at radius 3 is 3.08 bits per heavy atom. The summed E-state index contributed by atoms with van der Waals surface area (Å²) in [6, 6.07) is 0. The lowest BCUT2D eigenvalue weighted by atomic mass is 10.1. The quantitative estimate of drug-likeness (QED) is 0.793. The molecule has 1 atom stereocenters. The summed E-state index contributed by atoms with van der Waals surface area (Å²) < 4.78 is 12.8. The zero-order valence-electron chi connectivity index (χ0n) is 14.1. The molecule has 0 N–H and O–H groups in total. The molecule has 0 aromatic carbocycles. The van der Waals surface area contributed by atoms with E-state index in [1.165, 1.54) is 0 Å². The number of carbonyl (C=O) groups is 1. The zero-order valence-corrected chi connectivity index (χ0v) is 14.1. The van der Waals surface area contributed by atoms with Crippen molar-refractivity contribution in [2.24, 2.45) is 0 Å². The van der Waals surface area contributed by atoms with Crippen molar-refractivity contribution >= 4 is 5.91 Å². The number of rotatable bonds is 6. The van der Waals surface area contributed by atoms with Gasteiger partial charge < -0.3 is 18.7 Å². The predicted octanol–water partition coefficient (Wildman–Crippen LogP) is 1.34. The number of imidazole rings is 1. The molecule has 0 bridgehead atoms. The van der Waals surface area contributed by atoms with Gasteiger partial charge in [-0.15, -0.1) is 0 Å². The van der Waals surface area contributed by atoms with Crippen LogP contribution in [0.5, 0.6) is 0 Å². The van der Waals surface area contributed by atoms with Crippen LogP contribution >= 0.6 is 0 Å². The minimum absolute atomic E-state index is 0.00330. The highest BCUT2D eigenvalue weighted by Crippen LogP contribution is 2.15. The van der Waals surface area contributed by atoms with Gasteiger partial charge in [0.05, 0.1) is 6.10 Å². The lowest BCUT2D eigenvalue weighted by molar-refractivity contribution is -0.136. The van der Waals surface area contributed by atoms with Crippen LogP contribution in [0.3, 0.4) is 0 Å². The van der Waals surface area contributed by atoms with Gasteiger partial charge >= 0.3 is 0 Å². The summed E-state index contributed by atoms with van der Waals surface area (Å²) >= 11 is 0. The number of carbonyl (C=O) groups excluding carboxylic acids is 1. The summed E-state index contributed by atoms with van der Waals surface area (Å²) in [5.74, 6) is 2.11. The third-order valence-corrected chi connectivity index (χ3v) is 4.23. The van der Waals surface area contributed by atoms with Gasteiger partial charge in [0.2, 0.25) is 5.91 Å². The summed E-state index contributed by atoms with van der Waals surface area (Å²) in [5, 5.41) is 3.85. The molecular formula is C16H23N5O3. The Bertz CT molecular complexity index is 681.